The summed E-state index contributed by atoms with van der Waals surface area (Å²) in [5, 5.41) is 7.55. The number of carbonyl (C=O) groups is 1. The number of thiocarbonyl (C=S) groups is 1. The summed E-state index contributed by atoms with van der Waals surface area (Å²) in [6, 6.07) is 18.5. The Morgan fingerprint density at radius 1 is 1.17 bits per heavy atom. The number of hydrogen-bond acceptors (Lipinski definition) is 4. The van der Waals surface area contributed by atoms with Crippen molar-refractivity contribution < 1.29 is 14.3 Å². The molecule has 3 aromatic rings. The van der Waals surface area contributed by atoms with Crippen LogP contribution in [0.4, 0.5) is 11.4 Å². The third kappa shape index (κ3) is 3.98. The van der Waals surface area contributed by atoms with E-state index in [1.54, 1.807) is 13.2 Å². The lowest BCUT2D eigenvalue weighted by molar-refractivity contribution is -0.130. The fourth-order valence-corrected chi connectivity index (χ4v) is 5.66. The van der Waals surface area contributed by atoms with Crippen LogP contribution in [0.5, 0.6) is 11.5 Å². The Bertz CT molecular complexity index is 1350. The summed E-state index contributed by atoms with van der Waals surface area (Å²) in [7, 11) is 1.61. The highest BCUT2D eigenvalue weighted by molar-refractivity contribution is 7.80. The minimum absolute atomic E-state index is 0.181. The van der Waals surface area contributed by atoms with E-state index in [9.17, 15) is 4.79 Å². The fourth-order valence-electron chi connectivity index (χ4n) is 5.06. The third-order valence-corrected chi connectivity index (χ3v) is 7.23. The highest BCUT2D eigenvalue weighted by atomic mass is 35.5. The smallest absolute Gasteiger partial charge is 0.236 e. The van der Waals surface area contributed by atoms with Gasteiger partial charge in [-0.2, -0.15) is 0 Å². The molecule has 0 spiro atoms. The van der Waals surface area contributed by atoms with Crippen LogP contribution in [0.15, 0.2) is 60.7 Å². The number of anilines is 2. The van der Waals surface area contributed by atoms with Crippen LogP contribution in [-0.2, 0) is 4.79 Å². The molecule has 2 N–H and O–H groups in total. The molecule has 35 heavy (non-hydrogen) atoms. The van der Waals surface area contributed by atoms with Crippen LogP contribution in [0, 0.1) is 19.8 Å². The van der Waals surface area contributed by atoms with Gasteiger partial charge in [0, 0.05) is 22.0 Å². The molecule has 0 unspecified atom stereocenters. The minimum Gasteiger partial charge on any atom is -0.497 e. The Labute approximate surface area is 215 Å². The van der Waals surface area contributed by atoms with Crippen LogP contribution in [0.3, 0.4) is 0 Å². The van der Waals surface area contributed by atoms with Crippen molar-refractivity contribution in [1.82, 2.24) is 5.32 Å². The lowest BCUT2D eigenvalue weighted by Gasteiger charge is -2.56. The monoisotopic (exact) mass is 507 g/mol. The maximum Gasteiger partial charge on any atom is 0.236 e. The van der Waals surface area contributed by atoms with E-state index in [0.717, 1.165) is 28.1 Å². The molecule has 3 atom stereocenters. The Hall–Kier alpha value is -3.29. The largest absolute Gasteiger partial charge is 0.497 e. The summed E-state index contributed by atoms with van der Waals surface area (Å²) in [5.74, 6) is 0.499. The molecule has 6 nitrogen and oxygen atoms in total. The number of methoxy groups -OCH3 is 1. The van der Waals surface area contributed by atoms with E-state index in [-0.39, 0.29) is 5.91 Å². The molecule has 0 saturated carbocycles. The Balaban J connectivity index is 1.64. The van der Waals surface area contributed by atoms with Crippen molar-refractivity contribution in [2.24, 2.45) is 5.92 Å². The van der Waals surface area contributed by atoms with Crippen LogP contribution >= 0.6 is 23.8 Å². The van der Waals surface area contributed by atoms with Gasteiger partial charge in [-0.3, -0.25) is 9.69 Å². The number of carbonyl (C=O) groups excluding carboxylic acids is 1. The zero-order valence-electron chi connectivity index (χ0n) is 19.9. The molecule has 0 aliphatic carbocycles. The van der Waals surface area contributed by atoms with Crippen molar-refractivity contribution in [2.45, 2.75) is 32.5 Å². The summed E-state index contributed by atoms with van der Waals surface area (Å²) in [6.45, 7) is 5.90. The second-order valence-corrected chi connectivity index (χ2v) is 9.91. The molecular weight excluding hydrogens is 482 g/mol. The maximum atomic E-state index is 14.0. The number of aryl methyl sites for hydroxylation is 2. The number of nitrogens with one attached hydrogen (secondary N) is 2. The summed E-state index contributed by atoms with van der Waals surface area (Å²) in [5.41, 5.74) is 3.30. The number of halogens is 1. The molecule has 2 heterocycles. The second kappa shape index (κ2) is 8.73. The van der Waals surface area contributed by atoms with Crippen molar-refractivity contribution in [2.75, 3.05) is 17.3 Å². The van der Waals surface area contributed by atoms with Crippen LogP contribution in [0.2, 0.25) is 5.02 Å². The van der Waals surface area contributed by atoms with Gasteiger partial charge >= 0.3 is 0 Å². The highest BCUT2D eigenvalue weighted by Crippen LogP contribution is 2.50. The fraction of sp³-hybridized carbons (Fsp3) is 0.259. The average Bonchev–Trinajstić information content (AvgIpc) is 2.80. The minimum atomic E-state index is -1.12. The summed E-state index contributed by atoms with van der Waals surface area (Å²) >= 11 is 12.1. The van der Waals surface area contributed by atoms with Crippen LogP contribution in [0.25, 0.3) is 0 Å². The molecule has 1 amide bonds. The lowest BCUT2D eigenvalue weighted by atomic mass is 9.78. The SMILES string of the molecule is COc1ccc2c(c1)[C@H]1NC(=S)N(c3cccc(Cl)c3)[C@@](C)(O2)[C@H]1C(=O)Nc1ccc(C)cc1C. The molecule has 3 aromatic carbocycles. The maximum absolute atomic E-state index is 14.0. The van der Waals surface area contributed by atoms with Gasteiger partial charge in [0.2, 0.25) is 5.91 Å². The van der Waals surface area contributed by atoms with Gasteiger partial charge in [0.05, 0.1) is 13.2 Å². The van der Waals surface area contributed by atoms with Crippen molar-refractivity contribution in [1.29, 1.82) is 0 Å². The van der Waals surface area contributed by atoms with E-state index >= 15 is 0 Å². The van der Waals surface area contributed by atoms with Gasteiger partial charge < -0.3 is 20.1 Å². The van der Waals surface area contributed by atoms with E-state index in [0.29, 0.717) is 21.6 Å². The zero-order valence-corrected chi connectivity index (χ0v) is 21.5. The van der Waals surface area contributed by atoms with Gasteiger partial charge in [-0.25, -0.2) is 0 Å². The summed E-state index contributed by atoms with van der Waals surface area (Å²) in [6.07, 6.45) is 0. The lowest BCUT2D eigenvalue weighted by Crippen LogP contribution is -2.72. The number of nitrogens with zero attached hydrogens (tertiary/aromatic N) is 1. The zero-order chi connectivity index (χ0) is 24.9. The van der Waals surface area contributed by atoms with Gasteiger partial charge in [-0.1, -0.05) is 35.4 Å². The number of rotatable bonds is 4. The van der Waals surface area contributed by atoms with Crippen LogP contribution in [0.1, 0.15) is 29.7 Å². The first-order valence-electron chi connectivity index (χ1n) is 11.3. The van der Waals surface area contributed by atoms with Crippen molar-refractivity contribution >= 4 is 46.2 Å². The van der Waals surface area contributed by atoms with Gasteiger partial charge in [0.1, 0.15) is 17.4 Å². The van der Waals surface area contributed by atoms with E-state index in [4.69, 9.17) is 33.3 Å². The van der Waals surface area contributed by atoms with E-state index in [1.807, 2.05) is 80.3 Å². The van der Waals surface area contributed by atoms with Crippen molar-refractivity contribution in [3.05, 3.63) is 82.4 Å². The first kappa shape index (κ1) is 23.5. The molecule has 0 aromatic heterocycles. The standard InChI is InChI=1S/C27H26ClN3O3S/c1-15-8-10-21(16(2)12-15)29-25(32)23-24-20-14-19(33-4)9-11-22(20)34-27(23,3)31(26(35)30-24)18-7-5-6-17(28)13-18/h5-14,23-24H,1-4H3,(H,29,32)(H,30,35)/t23-,24-,27+/m1/s1. The summed E-state index contributed by atoms with van der Waals surface area (Å²) < 4.78 is 12.1. The number of hydrogen-bond donors (Lipinski definition) is 2. The first-order chi connectivity index (χ1) is 16.7. The molecule has 180 valence electrons. The average molecular weight is 508 g/mol. The summed E-state index contributed by atoms with van der Waals surface area (Å²) in [4.78, 5) is 15.8. The third-order valence-electron chi connectivity index (χ3n) is 6.69. The van der Waals surface area contributed by atoms with Crippen LogP contribution in [-0.4, -0.2) is 23.9 Å². The molecule has 2 aliphatic heterocycles. The number of fused-ring (bicyclic) bond motifs is 4. The van der Waals surface area contributed by atoms with Gasteiger partial charge in [0.15, 0.2) is 10.8 Å². The molecular formula is C27H26ClN3O3S. The first-order valence-corrected chi connectivity index (χ1v) is 12.1. The van der Waals surface area contributed by atoms with Crippen molar-refractivity contribution in [3.63, 3.8) is 0 Å². The molecule has 0 radical (unpaired) electrons. The van der Waals surface area contributed by atoms with Gasteiger partial charge in [-0.15, -0.1) is 0 Å². The Kier molecular flexibility index (Phi) is 5.85. The molecule has 1 saturated heterocycles. The topological polar surface area (TPSA) is 62.8 Å². The predicted octanol–water partition coefficient (Wildman–Crippen LogP) is 5.76. The van der Waals surface area contributed by atoms with Crippen LogP contribution < -0.4 is 25.0 Å². The quantitative estimate of drug-likeness (QED) is 0.437. The Morgan fingerprint density at radius 3 is 2.69 bits per heavy atom. The Morgan fingerprint density at radius 2 is 1.97 bits per heavy atom. The second-order valence-electron chi connectivity index (χ2n) is 9.09. The van der Waals surface area contributed by atoms with Crippen molar-refractivity contribution in [3.8, 4) is 11.5 Å². The molecule has 8 heteroatoms. The van der Waals surface area contributed by atoms with Gasteiger partial charge in [0.25, 0.3) is 0 Å². The van der Waals surface area contributed by atoms with Gasteiger partial charge in [-0.05, 0) is 81.0 Å². The van der Waals surface area contributed by atoms with E-state index < -0.39 is 17.7 Å². The normalized spacial score (nSPS) is 22.5. The number of benzene rings is 3. The van der Waals surface area contributed by atoms with E-state index in [2.05, 4.69) is 10.6 Å². The molecule has 5 rings (SSSR count). The molecule has 2 aliphatic rings. The number of amides is 1. The molecule has 1 fully saturated rings. The highest BCUT2D eigenvalue weighted by Gasteiger charge is 2.59. The number of ether oxygens (including phenoxy) is 2. The predicted molar refractivity (Wildman–Crippen MR) is 142 cm³/mol. The molecule has 2 bridgehead atoms. The van der Waals surface area contributed by atoms with E-state index in [1.165, 1.54) is 0 Å².